The van der Waals surface area contributed by atoms with Gasteiger partial charge >= 0.3 is 6.03 Å². The number of rotatable bonds is 3. The summed E-state index contributed by atoms with van der Waals surface area (Å²) in [6.07, 6.45) is 5.94. The molecule has 6 nitrogen and oxygen atoms in total. The number of pyridine rings is 1. The van der Waals surface area contributed by atoms with Crippen molar-refractivity contribution >= 4 is 6.03 Å². The van der Waals surface area contributed by atoms with Crippen LogP contribution in [0.3, 0.4) is 0 Å². The van der Waals surface area contributed by atoms with Crippen molar-refractivity contribution < 1.29 is 9.18 Å². The molecule has 1 saturated heterocycles. The second kappa shape index (κ2) is 6.58. The van der Waals surface area contributed by atoms with Crippen molar-refractivity contribution in [3.63, 3.8) is 0 Å². The third kappa shape index (κ3) is 3.20. The number of halogens is 1. The van der Waals surface area contributed by atoms with Crippen LogP contribution in [0, 0.1) is 11.7 Å². The van der Waals surface area contributed by atoms with Crippen molar-refractivity contribution in [2.45, 2.75) is 44.3 Å². The average Bonchev–Trinajstić information content (AvgIpc) is 2.97. The zero-order valence-electron chi connectivity index (χ0n) is 12.6. The minimum absolute atomic E-state index is 0.100. The fourth-order valence-corrected chi connectivity index (χ4v) is 3.43. The maximum atomic E-state index is 13.7. The summed E-state index contributed by atoms with van der Waals surface area (Å²) in [5.74, 6) is 0.156. The zero-order valence-corrected chi connectivity index (χ0v) is 12.6. The molecule has 0 spiro atoms. The van der Waals surface area contributed by atoms with E-state index in [1.54, 1.807) is 13.0 Å². The first kappa shape index (κ1) is 15.2. The van der Waals surface area contributed by atoms with Crippen LogP contribution >= 0.6 is 0 Å². The van der Waals surface area contributed by atoms with Gasteiger partial charge in [-0.3, -0.25) is 15.8 Å². The molecule has 4 atom stereocenters. The summed E-state index contributed by atoms with van der Waals surface area (Å²) in [4.78, 5) is 15.9. The standard InChI is InChI=1S/C15H22FN5O/c1-9(11-5-6-17-8-12(11)16)19-15(22)20-13-4-2-3-10-7-18-21-14(10)13/h5-6,8-10,13-14,18,21H,2-4,7H2,1H3,(H2,19,20,22). The predicted octanol–water partition coefficient (Wildman–Crippen LogP) is 1.23. The molecule has 1 aromatic rings. The number of hydrogen-bond donors (Lipinski definition) is 4. The summed E-state index contributed by atoms with van der Waals surface area (Å²) in [7, 11) is 0. The third-order valence-electron chi connectivity index (χ3n) is 4.60. The average molecular weight is 307 g/mol. The predicted molar refractivity (Wildman–Crippen MR) is 80.3 cm³/mol. The van der Waals surface area contributed by atoms with E-state index in [4.69, 9.17) is 0 Å². The van der Waals surface area contributed by atoms with Crippen LogP contribution in [0.2, 0.25) is 0 Å². The molecule has 1 saturated carbocycles. The summed E-state index contributed by atoms with van der Waals surface area (Å²) < 4.78 is 13.7. The molecule has 120 valence electrons. The Labute approximate surface area is 129 Å². The van der Waals surface area contributed by atoms with E-state index in [9.17, 15) is 9.18 Å². The van der Waals surface area contributed by atoms with Crippen molar-refractivity contribution in [2.75, 3.05) is 6.54 Å². The molecule has 1 aliphatic carbocycles. The number of hydrazine groups is 1. The van der Waals surface area contributed by atoms with Crippen molar-refractivity contribution in [3.05, 3.63) is 29.8 Å². The Morgan fingerprint density at radius 3 is 3.18 bits per heavy atom. The molecule has 1 aliphatic heterocycles. The lowest BCUT2D eigenvalue weighted by molar-refractivity contribution is 0.214. The highest BCUT2D eigenvalue weighted by molar-refractivity contribution is 5.74. The van der Waals surface area contributed by atoms with Crippen LogP contribution in [0.15, 0.2) is 18.5 Å². The second-order valence-electron chi connectivity index (χ2n) is 6.09. The first-order chi connectivity index (χ1) is 10.6. The summed E-state index contributed by atoms with van der Waals surface area (Å²) >= 11 is 0. The monoisotopic (exact) mass is 307 g/mol. The molecule has 4 unspecified atom stereocenters. The normalized spacial score (nSPS) is 28.7. The van der Waals surface area contributed by atoms with Gasteiger partial charge in [0.25, 0.3) is 0 Å². The van der Waals surface area contributed by atoms with Gasteiger partial charge in [0.1, 0.15) is 5.82 Å². The van der Waals surface area contributed by atoms with Gasteiger partial charge in [-0.2, -0.15) is 0 Å². The smallest absolute Gasteiger partial charge is 0.315 e. The van der Waals surface area contributed by atoms with E-state index in [1.807, 2.05) is 0 Å². The molecule has 22 heavy (non-hydrogen) atoms. The maximum Gasteiger partial charge on any atom is 0.315 e. The summed E-state index contributed by atoms with van der Waals surface area (Å²) in [6, 6.07) is 1.29. The lowest BCUT2D eigenvalue weighted by Gasteiger charge is -2.33. The highest BCUT2D eigenvalue weighted by Crippen LogP contribution is 2.26. The lowest BCUT2D eigenvalue weighted by atomic mass is 9.82. The number of aromatic nitrogens is 1. The van der Waals surface area contributed by atoms with Crippen LogP contribution in [0.5, 0.6) is 0 Å². The van der Waals surface area contributed by atoms with Gasteiger partial charge in [0.15, 0.2) is 0 Å². The molecule has 3 rings (SSSR count). The van der Waals surface area contributed by atoms with E-state index in [-0.39, 0.29) is 18.1 Å². The molecular weight excluding hydrogens is 285 g/mol. The molecule has 2 fully saturated rings. The Morgan fingerprint density at radius 2 is 2.36 bits per heavy atom. The van der Waals surface area contributed by atoms with E-state index in [0.717, 1.165) is 25.6 Å². The van der Waals surface area contributed by atoms with E-state index in [0.29, 0.717) is 11.5 Å². The molecule has 4 N–H and O–H groups in total. The van der Waals surface area contributed by atoms with Crippen LogP contribution in [-0.4, -0.2) is 29.6 Å². The van der Waals surface area contributed by atoms with Crippen molar-refractivity contribution in [1.29, 1.82) is 0 Å². The van der Waals surface area contributed by atoms with Gasteiger partial charge in [-0.25, -0.2) is 9.18 Å². The fraction of sp³-hybridized carbons (Fsp3) is 0.600. The highest BCUT2D eigenvalue weighted by Gasteiger charge is 2.37. The number of hydrogen-bond acceptors (Lipinski definition) is 4. The van der Waals surface area contributed by atoms with Crippen molar-refractivity contribution in [1.82, 2.24) is 26.5 Å². The van der Waals surface area contributed by atoms with Crippen LogP contribution in [0.1, 0.15) is 37.8 Å². The Bertz CT molecular complexity index is 540. The van der Waals surface area contributed by atoms with Gasteiger partial charge in [-0.05, 0) is 31.7 Å². The molecule has 7 heteroatoms. The first-order valence-corrected chi connectivity index (χ1v) is 7.80. The molecule has 0 radical (unpaired) electrons. The number of nitrogens with zero attached hydrogens (tertiary/aromatic N) is 1. The zero-order chi connectivity index (χ0) is 15.5. The molecule has 2 amide bonds. The quantitative estimate of drug-likeness (QED) is 0.677. The molecule has 0 aromatic carbocycles. The lowest BCUT2D eigenvalue weighted by Crippen LogP contribution is -2.55. The van der Waals surface area contributed by atoms with Gasteiger partial charge in [0.05, 0.1) is 12.2 Å². The van der Waals surface area contributed by atoms with Gasteiger partial charge in [-0.15, -0.1) is 0 Å². The summed E-state index contributed by atoms with van der Waals surface area (Å²) in [5.41, 5.74) is 6.85. The third-order valence-corrected chi connectivity index (χ3v) is 4.60. The van der Waals surface area contributed by atoms with E-state index in [2.05, 4.69) is 26.5 Å². The van der Waals surface area contributed by atoms with Crippen LogP contribution in [0.4, 0.5) is 9.18 Å². The fourth-order valence-electron chi connectivity index (χ4n) is 3.43. The number of amides is 2. The molecule has 2 heterocycles. The molecular formula is C15H22FN5O. The Morgan fingerprint density at radius 1 is 1.50 bits per heavy atom. The van der Waals surface area contributed by atoms with E-state index in [1.165, 1.54) is 12.6 Å². The number of fused-ring (bicyclic) bond motifs is 1. The van der Waals surface area contributed by atoms with Crippen LogP contribution < -0.4 is 21.5 Å². The largest absolute Gasteiger partial charge is 0.334 e. The number of nitrogens with one attached hydrogen (secondary N) is 4. The minimum Gasteiger partial charge on any atom is -0.334 e. The van der Waals surface area contributed by atoms with Crippen molar-refractivity contribution in [3.8, 4) is 0 Å². The second-order valence-corrected chi connectivity index (χ2v) is 6.09. The van der Waals surface area contributed by atoms with E-state index < -0.39 is 11.9 Å². The Hall–Kier alpha value is -1.73. The Kier molecular flexibility index (Phi) is 4.54. The van der Waals surface area contributed by atoms with Crippen LogP contribution in [0.25, 0.3) is 0 Å². The van der Waals surface area contributed by atoms with Crippen molar-refractivity contribution in [2.24, 2.45) is 5.92 Å². The number of carbonyl (C=O) groups excluding carboxylic acids is 1. The van der Waals surface area contributed by atoms with E-state index >= 15 is 0 Å². The number of carbonyl (C=O) groups is 1. The highest BCUT2D eigenvalue weighted by atomic mass is 19.1. The van der Waals surface area contributed by atoms with Gasteiger partial charge in [0, 0.05) is 30.4 Å². The number of urea groups is 1. The topological polar surface area (TPSA) is 78.1 Å². The first-order valence-electron chi connectivity index (χ1n) is 7.80. The van der Waals surface area contributed by atoms with Gasteiger partial charge in [-0.1, -0.05) is 6.42 Å². The van der Waals surface area contributed by atoms with Gasteiger partial charge in [0.2, 0.25) is 0 Å². The summed E-state index contributed by atoms with van der Waals surface area (Å²) in [5, 5.41) is 5.82. The Balaban J connectivity index is 1.57. The minimum atomic E-state index is -0.408. The van der Waals surface area contributed by atoms with Crippen LogP contribution in [-0.2, 0) is 0 Å². The summed E-state index contributed by atoms with van der Waals surface area (Å²) in [6.45, 7) is 2.71. The SMILES string of the molecule is CC(NC(=O)NC1CCCC2CNNC21)c1ccncc1F. The molecule has 0 bridgehead atoms. The molecule has 2 aliphatic rings. The molecule has 1 aromatic heterocycles. The van der Waals surface area contributed by atoms with Gasteiger partial charge < -0.3 is 10.6 Å². The maximum absolute atomic E-state index is 13.7.